The average Bonchev–Trinajstić information content (AvgIpc) is 2.56. The third kappa shape index (κ3) is 1.67. The van der Waals surface area contributed by atoms with Crippen LogP contribution in [0.3, 0.4) is 0 Å². The first kappa shape index (κ1) is 9.97. The molecule has 1 fully saturated rings. The number of rotatable bonds is 1. The third-order valence-corrected chi connectivity index (χ3v) is 3.15. The second-order valence-electron chi connectivity index (χ2n) is 4.09. The summed E-state index contributed by atoms with van der Waals surface area (Å²) >= 11 is 0. The highest BCUT2D eigenvalue weighted by molar-refractivity contribution is 5.06. The lowest BCUT2D eigenvalue weighted by atomic mass is 9.92. The number of hydrogen-bond donors (Lipinski definition) is 1. The Morgan fingerprint density at radius 3 is 2.53 bits per heavy atom. The van der Waals surface area contributed by atoms with Crippen LogP contribution in [0, 0.1) is 11.3 Å². The lowest BCUT2D eigenvalue weighted by Gasteiger charge is -2.24. The van der Waals surface area contributed by atoms with Crippen LogP contribution in [0.15, 0.2) is 11.1 Å². The summed E-state index contributed by atoms with van der Waals surface area (Å²) in [5.74, 6) is 0. The summed E-state index contributed by atoms with van der Waals surface area (Å²) in [6.45, 7) is 0. The van der Waals surface area contributed by atoms with Crippen molar-refractivity contribution in [2.75, 3.05) is 0 Å². The first-order valence-corrected chi connectivity index (χ1v) is 5.32. The summed E-state index contributed by atoms with van der Waals surface area (Å²) in [4.78, 5) is 11.5. The van der Waals surface area contributed by atoms with Crippen molar-refractivity contribution in [3.8, 4) is 6.07 Å². The molecule has 0 atom stereocenters. The highest BCUT2D eigenvalue weighted by Crippen LogP contribution is 2.31. The van der Waals surface area contributed by atoms with Gasteiger partial charge < -0.3 is 0 Å². The highest BCUT2D eigenvalue weighted by atomic mass is 16.1. The Hall–Kier alpha value is -1.57. The first-order chi connectivity index (χ1) is 7.28. The number of aromatic amines is 1. The SMILES string of the molecule is N#CC1(n2cn[nH]c2=O)CCCCCC1. The summed E-state index contributed by atoms with van der Waals surface area (Å²) in [5.41, 5.74) is -0.945. The fraction of sp³-hybridized carbons (Fsp3) is 0.700. The molecule has 1 aromatic rings. The summed E-state index contributed by atoms with van der Waals surface area (Å²) in [6, 6.07) is 2.30. The molecule has 0 saturated heterocycles. The van der Waals surface area contributed by atoms with E-state index in [1.807, 2.05) is 0 Å². The highest BCUT2D eigenvalue weighted by Gasteiger charge is 2.34. The molecule has 15 heavy (non-hydrogen) atoms. The van der Waals surface area contributed by atoms with E-state index in [4.69, 9.17) is 0 Å². The zero-order valence-corrected chi connectivity index (χ0v) is 8.57. The monoisotopic (exact) mass is 206 g/mol. The maximum Gasteiger partial charge on any atom is 0.344 e. The van der Waals surface area contributed by atoms with Gasteiger partial charge in [0.1, 0.15) is 11.9 Å². The van der Waals surface area contributed by atoms with Crippen LogP contribution in [0.2, 0.25) is 0 Å². The number of nitrogens with zero attached hydrogens (tertiary/aromatic N) is 3. The molecule has 0 spiro atoms. The van der Waals surface area contributed by atoms with Crippen molar-refractivity contribution < 1.29 is 0 Å². The molecule has 0 radical (unpaired) electrons. The predicted molar refractivity (Wildman–Crippen MR) is 54.1 cm³/mol. The molecule has 0 bridgehead atoms. The minimum absolute atomic E-state index is 0.279. The number of aromatic nitrogens is 3. The van der Waals surface area contributed by atoms with Crippen molar-refractivity contribution in [2.45, 2.75) is 44.1 Å². The summed E-state index contributed by atoms with van der Waals surface area (Å²) in [6.07, 6.45) is 7.26. The van der Waals surface area contributed by atoms with Gasteiger partial charge in [-0.2, -0.15) is 10.4 Å². The van der Waals surface area contributed by atoms with Crippen LogP contribution in [0.4, 0.5) is 0 Å². The zero-order valence-electron chi connectivity index (χ0n) is 8.57. The van der Waals surface area contributed by atoms with Crippen molar-refractivity contribution in [1.29, 1.82) is 5.26 Å². The van der Waals surface area contributed by atoms with Crippen molar-refractivity contribution in [1.82, 2.24) is 14.8 Å². The minimum atomic E-state index is -0.666. The molecule has 1 heterocycles. The number of nitrogens with one attached hydrogen (secondary N) is 1. The smallest absolute Gasteiger partial charge is 0.262 e. The number of hydrogen-bond acceptors (Lipinski definition) is 3. The van der Waals surface area contributed by atoms with E-state index in [1.165, 1.54) is 10.9 Å². The van der Waals surface area contributed by atoms with E-state index in [0.29, 0.717) is 0 Å². The quantitative estimate of drug-likeness (QED) is 0.700. The van der Waals surface area contributed by atoms with Gasteiger partial charge in [-0.3, -0.25) is 4.57 Å². The summed E-state index contributed by atoms with van der Waals surface area (Å²) in [7, 11) is 0. The second kappa shape index (κ2) is 3.89. The topological polar surface area (TPSA) is 74.5 Å². The van der Waals surface area contributed by atoms with E-state index in [2.05, 4.69) is 16.3 Å². The molecule has 1 aliphatic carbocycles. The average molecular weight is 206 g/mol. The Kier molecular flexibility index (Phi) is 2.58. The van der Waals surface area contributed by atoms with Gasteiger partial charge in [-0.1, -0.05) is 25.7 Å². The lowest BCUT2D eigenvalue weighted by Crippen LogP contribution is -2.38. The Morgan fingerprint density at radius 1 is 1.40 bits per heavy atom. The molecule has 5 nitrogen and oxygen atoms in total. The maximum atomic E-state index is 11.5. The van der Waals surface area contributed by atoms with Gasteiger partial charge in [0.25, 0.3) is 0 Å². The van der Waals surface area contributed by atoms with E-state index < -0.39 is 5.54 Å². The van der Waals surface area contributed by atoms with Gasteiger partial charge in [0, 0.05) is 0 Å². The molecular weight excluding hydrogens is 192 g/mol. The maximum absolute atomic E-state index is 11.5. The van der Waals surface area contributed by atoms with Crippen LogP contribution in [0.25, 0.3) is 0 Å². The summed E-state index contributed by atoms with van der Waals surface area (Å²) in [5, 5.41) is 15.4. The fourth-order valence-electron chi connectivity index (χ4n) is 2.27. The molecule has 0 aromatic carbocycles. The standard InChI is InChI=1S/C10H14N4O/c11-7-10(5-3-1-2-4-6-10)14-8-12-13-9(14)15/h8H,1-6H2,(H,13,15). The van der Waals surface area contributed by atoms with E-state index in [9.17, 15) is 10.1 Å². The van der Waals surface area contributed by atoms with Gasteiger partial charge in [0.2, 0.25) is 0 Å². The Morgan fingerprint density at radius 2 is 2.07 bits per heavy atom. The van der Waals surface area contributed by atoms with E-state index in [0.717, 1.165) is 38.5 Å². The van der Waals surface area contributed by atoms with Crippen LogP contribution in [-0.4, -0.2) is 14.8 Å². The molecule has 1 aromatic heterocycles. The van der Waals surface area contributed by atoms with E-state index >= 15 is 0 Å². The summed E-state index contributed by atoms with van der Waals surface area (Å²) < 4.78 is 1.46. The Bertz CT molecular complexity index is 417. The van der Waals surface area contributed by atoms with Gasteiger partial charge in [-0.05, 0) is 12.8 Å². The molecular formula is C10H14N4O. The Balaban J connectivity index is 2.40. The van der Waals surface area contributed by atoms with Crippen molar-refractivity contribution in [3.63, 3.8) is 0 Å². The van der Waals surface area contributed by atoms with E-state index in [-0.39, 0.29) is 5.69 Å². The molecule has 80 valence electrons. The second-order valence-corrected chi connectivity index (χ2v) is 4.09. The molecule has 0 amide bonds. The molecule has 1 saturated carbocycles. The van der Waals surface area contributed by atoms with Crippen molar-refractivity contribution in [2.24, 2.45) is 0 Å². The first-order valence-electron chi connectivity index (χ1n) is 5.32. The van der Waals surface area contributed by atoms with Crippen LogP contribution < -0.4 is 5.69 Å². The molecule has 1 N–H and O–H groups in total. The van der Waals surface area contributed by atoms with Gasteiger partial charge in [0.15, 0.2) is 0 Å². The lowest BCUT2D eigenvalue weighted by molar-refractivity contribution is 0.324. The number of H-pyrrole nitrogens is 1. The van der Waals surface area contributed by atoms with Crippen molar-refractivity contribution >= 4 is 0 Å². The fourth-order valence-corrected chi connectivity index (χ4v) is 2.27. The predicted octanol–water partition coefficient (Wildman–Crippen LogP) is 1.14. The van der Waals surface area contributed by atoms with Gasteiger partial charge >= 0.3 is 5.69 Å². The van der Waals surface area contributed by atoms with Crippen LogP contribution >= 0.6 is 0 Å². The molecule has 1 aliphatic rings. The normalized spacial score (nSPS) is 20.5. The van der Waals surface area contributed by atoms with E-state index in [1.54, 1.807) is 0 Å². The largest absolute Gasteiger partial charge is 0.344 e. The zero-order chi connectivity index (χ0) is 10.7. The molecule has 0 aliphatic heterocycles. The molecule has 2 rings (SSSR count). The van der Waals surface area contributed by atoms with Crippen molar-refractivity contribution in [3.05, 3.63) is 16.8 Å². The minimum Gasteiger partial charge on any atom is -0.262 e. The van der Waals surface area contributed by atoms with Crippen LogP contribution in [0.1, 0.15) is 38.5 Å². The van der Waals surface area contributed by atoms with Gasteiger partial charge in [-0.25, -0.2) is 9.89 Å². The van der Waals surface area contributed by atoms with Gasteiger partial charge in [-0.15, -0.1) is 0 Å². The third-order valence-electron chi connectivity index (χ3n) is 3.15. The molecule has 5 heteroatoms. The Labute approximate surface area is 87.7 Å². The van der Waals surface area contributed by atoms with Gasteiger partial charge in [0.05, 0.1) is 6.07 Å². The number of nitriles is 1. The van der Waals surface area contributed by atoms with Crippen LogP contribution in [-0.2, 0) is 5.54 Å². The van der Waals surface area contributed by atoms with Crippen LogP contribution in [0.5, 0.6) is 0 Å². The molecule has 0 unspecified atom stereocenters.